The van der Waals surface area contributed by atoms with Crippen molar-refractivity contribution in [3.05, 3.63) is 17.8 Å². The number of nitrogens with one attached hydrogen (secondary N) is 1. The zero-order chi connectivity index (χ0) is 10.8. The Balaban J connectivity index is 1.89. The largest absolute Gasteiger partial charge is 0.397 e. The quantitative estimate of drug-likeness (QED) is 0.793. The first-order valence-corrected chi connectivity index (χ1v) is 5.64. The molecule has 0 saturated heterocycles. The third-order valence-electron chi connectivity index (χ3n) is 3.16. The lowest BCUT2D eigenvalue weighted by molar-refractivity contribution is 0.536. The van der Waals surface area contributed by atoms with Crippen LogP contribution in [0.15, 0.2) is 12.1 Å². The van der Waals surface area contributed by atoms with Crippen molar-refractivity contribution in [2.75, 3.05) is 17.6 Å². The minimum atomic E-state index is 0.754. The lowest BCUT2D eigenvalue weighted by atomic mass is 10.1. The van der Waals surface area contributed by atoms with E-state index in [0.29, 0.717) is 0 Å². The summed E-state index contributed by atoms with van der Waals surface area (Å²) in [5.74, 6) is 2.63. The van der Waals surface area contributed by atoms with Gasteiger partial charge in [-0.15, -0.1) is 0 Å². The average molecular weight is 205 g/mol. The molecule has 1 aliphatic rings. The fraction of sp³-hybridized carbons (Fsp3) is 0.583. The van der Waals surface area contributed by atoms with Gasteiger partial charge in [0.2, 0.25) is 0 Å². The molecule has 3 nitrogen and oxygen atoms in total. The van der Waals surface area contributed by atoms with Gasteiger partial charge in [-0.1, -0.05) is 6.92 Å². The summed E-state index contributed by atoms with van der Waals surface area (Å²) in [7, 11) is 0. The smallest absolute Gasteiger partial charge is 0.126 e. The van der Waals surface area contributed by atoms with Gasteiger partial charge in [0.1, 0.15) is 5.82 Å². The van der Waals surface area contributed by atoms with E-state index in [0.717, 1.165) is 35.6 Å². The van der Waals surface area contributed by atoms with Crippen LogP contribution in [0, 0.1) is 18.8 Å². The zero-order valence-electron chi connectivity index (χ0n) is 9.46. The van der Waals surface area contributed by atoms with Crippen molar-refractivity contribution in [3.8, 4) is 0 Å². The van der Waals surface area contributed by atoms with Gasteiger partial charge in [0.05, 0.1) is 11.4 Å². The minimum Gasteiger partial charge on any atom is -0.397 e. The van der Waals surface area contributed by atoms with Gasteiger partial charge < -0.3 is 11.1 Å². The number of hydrogen-bond acceptors (Lipinski definition) is 3. The van der Waals surface area contributed by atoms with Gasteiger partial charge in [0.25, 0.3) is 0 Å². The number of anilines is 2. The van der Waals surface area contributed by atoms with Gasteiger partial charge >= 0.3 is 0 Å². The molecule has 1 unspecified atom stereocenters. The van der Waals surface area contributed by atoms with Gasteiger partial charge in [-0.25, -0.2) is 4.98 Å². The molecule has 2 rings (SSSR count). The third kappa shape index (κ3) is 2.61. The molecular formula is C12H19N3. The Labute approximate surface area is 91.1 Å². The fourth-order valence-electron chi connectivity index (χ4n) is 1.77. The Kier molecular flexibility index (Phi) is 2.80. The molecule has 0 amide bonds. The van der Waals surface area contributed by atoms with E-state index in [1.54, 1.807) is 0 Å². The molecule has 1 heterocycles. The van der Waals surface area contributed by atoms with E-state index in [-0.39, 0.29) is 0 Å². The molecule has 3 heteroatoms. The molecule has 1 aromatic rings. The Morgan fingerprint density at radius 3 is 2.87 bits per heavy atom. The summed E-state index contributed by atoms with van der Waals surface area (Å²) < 4.78 is 0. The Hall–Kier alpha value is -1.25. The van der Waals surface area contributed by atoms with Crippen LogP contribution in [0.1, 0.15) is 25.5 Å². The van der Waals surface area contributed by atoms with E-state index in [4.69, 9.17) is 5.73 Å². The highest BCUT2D eigenvalue weighted by atomic mass is 15.0. The molecule has 1 saturated carbocycles. The van der Waals surface area contributed by atoms with E-state index in [1.165, 1.54) is 12.8 Å². The van der Waals surface area contributed by atoms with E-state index >= 15 is 0 Å². The minimum absolute atomic E-state index is 0.754. The second-order valence-electron chi connectivity index (χ2n) is 4.57. The Morgan fingerprint density at radius 2 is 2.27 bits per heavy atom. The van der Waals surface area contributed by atoms with Gasteiger partial charge in [0, 0.05) is 6.54 Å². The molecule has 0 aromatic carbocycles. The van der Waals surface area contributed by atoms with Crippen molar-refractivity contribution in [3.63, 3.8) is 0 Å². The lowest BCUT2D eigenvalue weighted by Crippen LogP contribution is -2.14. The van der Waals surface area contributed by atoms with Crippen molar-refractivity contribution in [2.45, 2.75) is 26.7 Å². The molecule has 1 aliphatic carbocycles. The first-order chi connectivity index (χ1) is 7.16. The number of nitrogens with two attached hydrogens (primary N) is 1. The van der Waals surface area contributed by atoms with Crippen molar-refractivity contribution >= 4 is 11.5 Å². The standard InChI is InChI=1S/C12H19N3/c1-8(10-3-4-10)7-14-12-6-5-11(13)9(2)15-12/h5-6,8,10H,3-4,7,13H2,1-2H3,(H,14,15). The number of rotatable bonds is 4. The molecule has 0 aliphatic heterocycles. The number of nitrogen functional groups attached to an aromatic ring is 1. The number of nitrogens with zero attached hydrogens (tertiary/aromatic N) is 1. The fourth-order valence-corrected chi connectivity index (χ4v) is 1.77. The highest BCUT2D eigenvalue weighted by Gasteiger charge is 2.27. The molecule has 1 atom stereocenters. The maximum Gasteiger partial charge on any atom is 0.126 e. The molecule has 1 aromatic heterocycles. The molecule has 0 bridgehead atoms. The monoisotopic (exact) mass is 205 g/mol. The topological polar surface area (TPSA) is 50.9 Å². The van der Waals surface area contributed by atoms with Gasteiger partial charge in [-0.3, -0.25) is 0 Å². The molecule has 82 valence electrons. The van der Waals surface area contributed by atoms with E-state index in [1.807, 2.05) is 19.1 Å². The van der Waals surface area contributed by atoms with Crippen LogP contribution in [0.2, 0.25) is 0 Å². The number of aryl methyl sites for hydroxylation is 1. The van der Waals surface area contributed by atoms with E-state index in [2.05, 4.69) is 17.2 Å². The van der Waals surface area contributed by atoms with Crippen molar-refractivity contribution < 1.29 is 0 Å². The normalized spacial score (nSPS) is 17.5. The number of pyridine rings is 1. The predicted molar refractivity (Wildman–Crippen MR) is 63.8 cm³/mol. The molecule has 3 N–H and O–H groups in total. The van der Waals surface area contributed by atoms with E-state index in [9.17, 15) is 0 Å². The summed E-state index contributed by atoms with van der Waals surface area (Å²) in [6.45, 7) is 5.25. The van der Waals surface area contributed by atoms with Gasteiger partial charge in [-0.2, -0.15) is 0 Å². The molecule has 0 spiro atoms. The second kappa shape index (κ2) is 4.09. The summed E-state index contributed by atoms with van der Waals surface area (Å²) in [6.07, 6.45) is 2.80. The Morgan fingerprint density at radius 1 is 1.53 bits per heavy atom. The second-order valence-corrected chi connectivity index (χ2v) is 4.57. The molecule has 15 heavy (non-hydrogen) atoms. The highest BCUT2D eigenvalue weighted by molar-refractivity contribution is 5.48. The van der Waals surface area contributed by atoms with Gasteiger partial charge in [-0.05, 0) is 43.7 Å². The predicted octanol–water partition coefficient (Wildman–Crippen LogP) is 2.43. The first-order valence-electron chi connectivity index (χ1n) is 5.64. The molecule has 0 radical (unpaired) electrons. The Bertz CT molecular complexity index is 345. The SMILES string of the molecule is Cc1nc(NCC(C)C2CC2)ccc1N. The van der Waals surface area contributed by atoms with Crippen LogP contribution >= 0.6 is 0 Å². The van der Waals surface area contributed by atoms with Crippen LogP contribution in [-0.2, 0) is 0 Å². The molecular weight excluding hydrogens is 186 g/mol. The van der Waals surface area contributed by atoms with Crippen LogP contribution in [0.3, 0.4) is 0 Å². The van der Waals surface area contributed by atoms with Crippen LogP contribution < -0.4 is 11.1 Å². The van der Waals surface area contributed by atoms with Crippen LogP contribution in [0.5, 0.6) is 0 Å². The summed E-state index contributed by atoms with van der Waals surface area (Å²) in [4.78, 5) is 4.39. The van der Waals surface area contributed by atoms with Crippen LogP contribution in [0.4, 0.5) is 11.5 Å². The third-order valence-corrected chi connectivity index (χ3v) is 3.16. The summed E-state index contributed by atoms with van der Waals surface area (Å²) in [6, 6.07) is 3.86. The highest BCUT2D eigenvalue weighted by Crippen LogP contribution is 2.36. The number of aromatic nitrogens is 1. The summed E-state index contributed by atoms with van der Waals surface area (Å²) in [5, 5.41) is 3.37. The van der Waals surface area contributed by atoms with Gasteiger partial charge in [0.15, 0.2) is 0 Å². The van der Waals surface area contributed by atoms with E-state index < -0.39 is 0 Å². The average Bonchev–Trinajstić information content (AvgIpc) is 3.03. The summed E-state index contributed by atoms with van der Waals surface area (Å²) in [5.41, 5.74) is 7.37. The van der Waals surface area contributed by atoms with Crippen molar-refractivity contribution in [2.24, 2.45) is 11.8 Å². The maximum atomic E-state index is 5.71. The van der Waals surface area contributed by atoms with Crippen LogP contribution in [-0.4, -0.2) is 11.5 Å². The maximum absolute atomic E-state index is 5.71. The lowest BCUT2D eigenvalue weighted by Gasteiger charge is -2.12. The summed E-state index contributed by atoms with van der Waals surface area (Å²) >= 11 is 0. The first kappa shape index (κ1) is 10.3. The number of hydrogen-bond donors (Lipinski definition) is 2. The van der Waals surface area contributed by atoms with Crippen molar-refractivity contribution in [1.29, 1.82) is 0 Å². The molecule has 1 fully saturated rings. The van der Waals surface area contributed by atoms with Crippen molar-refractivity contribution in [1.82, 2.24) is 4.98 Å². The van der Waals surface area contributed by atoms with Crippen LogP contribution in [0.25, 0.3) is 0 Å². The zero-order valence-corrected chi connectivity index (χ0v) is 9.46.